The van der Waals surface area contributed by atoms with Gasteiger partial charge in [-0.2, -0.15) is 0 Å². The molecule has 148 valence electrons. The van der Waals surface area contributed by atoms with Gasteiger partial charge in [0.15, 0.2) is 5.82 Å². The molecule has 0 saturated carbocycles. The number of H-pyrrole nitrogens is 1. The number of nitrogens with two attached hydrogens (primary N) is 1. The van der Waals surface area contributed by atoms with Crippen molar-refractivity contribution in [2.75, 3.05) is 44.0 Å². The second-order valence-corrected chi connectivity index (χ2v) is 7.48. The van der Waals surface area contributed by atoms with E-state index in [2.05, 4.69) is 26.8 Å². The number of nitrogen functional groups attached to an aromatic ring is 1. The van der Waals surface area contributed by atoms with Gasteiger partial charge in [0.05, 0.1) is 22.1 Å². The van der Waals surface area contributed by atoms with E-state index in [1.54, 1.807) is 12.1 Å². The minimum Gasteiger partial charge on any atom is -0.369 e. The van der Waals surface area contributed by atoms with Gasteiger partial charge in [-0.05, 0) is 43.4 Å². The Bertz CT molecular complexity index is 1290. The van der Waals surface area contributed by atoms with Crippen molar-refractivity contribution < 1.29 is 4.39 Å². The molecule has 0 amide bonds. The van der Waals surface area contributed by atoms with Gasteiger partial charge >= 0.3 is 0 Å². The van der Waals surface area contributed by atoms with Gasteiger partial charge in [-0.25, -0.2) is 14.1 Å². The van der Waals surface area contributed by atoms with Gasteiger partial charge in [-0.15, -0.1) is 0 Å². The minimum absolute atomic E-state index is 0.238. The smallest absolute Gasteiger partial charge is 0.259 e. The van der Waals surface area contributed by atoms with Gasteiger partial charge in [0.2, 0.25) is 0 Å². The zero-order valence-electron chi connectivity index (χ0n) is 16.0. The fraction of sp³-hybridized carbons (Fsp3) is 0.238. The Morgan fingerprint density at radius 3 is 2.69 bits per heavy atom. The second-order valence-electron chi connectivity index (χ2n) is 7.48. The van der Waals surface area contributed by atoms with Crippen molar-refractivity contribution in [2.45, 2.75) is 0 Å². The number of pyridine rings is 1. The van der Waals surface area contributed by atoms with Crippen LogP contribution in [0.2, 0.25) is 0 Å². The third-order valence-corrected chi connectivity index (χ3v) is 5.62. The number of aromatic nitrogens is 3. The molecule has 0 radical (unpaired) electrons. The molecular formula is C21H21FN6O. The lowest BCUT2D eigenvalue weighted by atomic mass is 10.1. The van der Waals surface area contributed by atoms with Crippen molar-refractivity contribution in [3.05, 3.63) is 58.6 Å². The topological polar surface area (TPSA) is 83.2 Å². The average Bonchev–Trinajstić information content (AvgIpc) is 3.04. The summed E-state index contributed by atoms with van der Waals surface area (Å²) in [6.45, 7) is 3.89. The van der Waals surface area contributed by atoms with E-state index in [1.165, 1.54) is 16.8 Å². The Kier molecular flexibility index (Phi) is 4.02. The largest absolute Gasteiger partial charge is 0.369 e. The van der Waals surface area contributed by atoms with Crippen molar-refractivity contribution in [1.29, 1.82) is 0 Å². The molecule has 0 aliphatic carbocycles. The Labute approximate surface area is 166 Å². The van der Waals surface area contributed by atoms with Crippen LogP contribution in [0.3, 0.4) is 0 Å². The number of nitrogens with one attached hydrogen (secondary N) is 1. The second kappa shape index (κ2) is 6.59. The predicted octanol–water partition coefficient (Wildman–Crippen LogP) is 2.15. The Balaban J connectivity index is 1.62. The normalized spacial score (nSPS) is 15.4. The van der Waals surface area contributed by atoms with Gasteiger partial charge in [0.1, 0.15) is 5.82 Å². The molecule has 8 heteroatoms. The summed E-state index contributed by atoms with van der Waals surface area (Å²) in [6.07, 6.45) is 0. The third kappa shape index (κ3) is 2.92. The SMILES string of the molecule is CN1CCN(c2ccc3nc(-c4cc5c(F)cccc5[nH]c4=O)n(N)c3c2)CC1. The monoisotopic (exact) mass is 392 g/mol. The zero-order valence-corrected chi connectivity index (χ0v) is 16.0. The maximum absolute atomic E-state index is 14.2. The zero-order chi connectivity index (χ0) is 20.1. The lowest BCUT2D eigenvalue weighted by molar-refractivity contribution is 0.313. The number of aromatic amines is 1. The molecule has 1 saturated heterocycles. The van der Waals surface area contributed by atoms with E-state index in [4.69, 9.17) is 5.84 Å². The summed E-state index contributed by atoms with van der Waals surface area (Å²) in [5.41, 5.74) is 2.81. The van der Waals surface area contributed by atoms with E-state index < -0.39 is 5.82 Å². The van der Waals surface area contributed by atoms with Crippen LogP contribution in [0.25, 0.3) is 33.3 Å². The number of hydrogen-bond acceptors (Lipinski definition) is 5. The Morgan fingerprint density at radius 2 is 1.90 bits per heavy atom. The number of hydrogen-bond donors (Lipinski definition) is 2. The van der Waals surface area contributed by atoms with Gasteiger partial charge in [-0.3, -0.25) is 4.79 Å². The van der Waals surface area contributed by atoms with Crippen molar-refractivity contribution in [3.63, 3.8) is 0 Å². The molecule has 1 aliphatic heterocycles. The van der Waals surface area contributed by atoms with Gasteiger partial charge < -0.3 is 20.6 Å². The number of nitrogens with zero attached hydrogens (tertiary/aromatic N) is 4. The van der Waals surface area contributed by atoms with Crippen LogP contribution in [0.5, 0.6) is 0 Å². The summed E-state index contributed by atoms with van der Waals surface area (Å²) in [5, 5.41) is 0.326. The first-order chi connectivity index (χ1) is 14.0. The molecule has 29 heavy (non-hydrogen) atoms. The third-order valence-electron chi connectivity index (χ3n) is 5.62. The highest BCUT2D eigenvalue weighted by molar-refractivity contribution is 5.87. The van der Waals surface area contributed by atoms with Crippen LogP contribution >= 0.6 is 0 Å². The molecule has 5 rings (SSSR count). The molecule has 0 atom stereocenters. The standard InChI is InChI=1S/C21H21FN6O/c1-26-7-9-27(10-8-26)13-5-6-18-19(11-13)28(23)20(24-18)15-12-14-16(22)3-2-4-17(14)25-21(15)29/h2-6,11-12H,7-10,23H2,1H3,(H,25,29). The number of imidazole rings is 1. The number of benzene rings is 2. The highest BCUT2D eigenvalue weighted by Gasteiger charge is 2.19. The molecule has 3 N–H and O–H groups in total. The summed E-state index contributed by atoms with van der Waals surface area (Å²) in [5.74, 6) is 6.23. The molecule has 1 aliphatic rings. The van der Waals surface area contributed by atoms with E-state index >= 15 is 0 Å². The van der Waals surface area contributed by atoms with E-state index in [0.717, 1.165) is 37.4 Å². The maximum Gasteiger partial charge on any atom is 0.259 e. The van der Waals surface area contributed by atoms with Crippen LogP contribution in [0, 0.1) is 5.82 Å². The van der Waals surface area contributed by atoms with Crippen molar-refractivity contribution in [3.8, 4) is 11.4 Å². The van der Waals surface area contributed by atoms with Crippen LogP contribution in [0.15, 0.2) is 47.3 Å². The number of piperazine rings is 1. The summed E-state index contributed by atoms with van der Waals surface area (Å²) < 4.78 is 15.6. The van der Waals surface area contributed by atoms with Gasteiger partial charge in [0, 0.05) is 37.3 Å². The van der Waals surface area contributed by atoms with Crippen molar-refractivity contribution >= 4 is 27.6 Å². The molecule has 0 unspecified atom stereocenters. The predicted molar refractivity (Wildman–Crippen MR) is 113 cm³/mol. The highest BCUT2D eigenvalue weighted by atomic mass is 19.1. The molecule has 0 bridgehead atoms. The van der Waals surface area contributed by atoms with Gasteiger partial charge in [0.25, 0.3) is 5.56 Å². The molecule has 2 aromatic carbocycles. The number of rotatable bonds is 2. The van der Waals surface area contributed by atoms with Crippen LogP contribution in [0.4, 0.5) is 10.1 Å². The quantitative estimate of drug-likeness (QED) is 0.511. The van der Waals surface area contributed by atoms with Crippen LogP contribution < -0.4 is 16.3 Å². The molecule has 3 heterocycles. The van der Waals surface area contributed by atoms with E-state index in [-0.39, 0.29) is 11.1 Å². The first-order valence-corrected chi connectivity index (χ1v) is 9.54. The van der Waals surface area contributed by atoms with Crippen LogP contribution in [0.1, 0.15) is 0 Å². The highest BCUT2D eigenvalue weighted by Crippen LogP contribution is 2.27. The lowest BCUT2D eigenvalue weighted by Crippen LogP contribution is -2.44. The molecule has 4 aromatic rings. The Hall–Kier alpha value is -3.39. The van der Waals surface area contributed by atoms with Crippen molar-refractivity contribution in [1.82, 2.24) is 19.5 Å². The maximum atomic E-state index is 14.2. The van der Waals surface area contributed by atoms with Gasteiger partial charge in [-0.1, -0.05) is 6.07 Å². The summed E-state index contributed by atoms with van der Waals surface area (Å²) in [7, 11) is 2.12. The molecule has 0 spiro atoms. The first kappa shape index (κ1) is 17.7. The first-order valence-electron chi connectivity index (χ1n) is 9.54. The fourth-order valence-electron chi connectivity index (χ4n) is 3.89. The number of anilines is 1. The van der Waals surface area contributed by atoms with E-state index in [0.29, 0.717) is 22.2 Å². The Morgan fingerprint density at radius 1 is 1.10 bits per heavy atom. The number of halogens is 1. The summed E-state index contributed by atoms with van der Waals surface area (Å²) >= 11 is 0. The fourth-order valence-corrected chi connectivity index (χ4v) is 3.89. The minimum atomic E-state index is -0.406. The number of fused-ring (bicyclic) bond motifs is 2. The summed E-state index contributed by atoms with van der Waals surface area (Å²) in [4.78, 5) is 24.5. The van der Waals surface area contributed by atoms with Crippen LogP contribution in [-0.4, -0.2) is 52.8 Å². The molecule has 7 nitrogen and oxygen atoms in total. The van der Waals surface area contributed by atoms with E-state index in [9.17, 15) is 9.18 Å². The number of likely N-dealkylation sites (N-methyl/N-ethyl adjacent to an activating group) is 1. The van der Waals surface area contributed by atoms with Crippen LogP contribution in [-0.2, 0) is 0 Å². The molecular weight excluding hydrogens is 371 g/mol. The molecule has 2 aromatic heterocycles. The lowest BCUT2D eigenvalue weighted by Gasteiger charge is -2.34. The van der Waals surface area contributed by atoms with Crippen molar-refractivity contribution in [2.24, 2.45) is 0 Å². The average molecular weight is 392 g/mol. The van der Waals surface area contributed by atoms with E-state index in [1.807, 2.05) is 18.2 Å². The summed E-state index contributed by atoms with van der Waals surface area (Å²) in [6, 6.07) is 12.0. The molecule has 1 fully saturated rings.